The Morgan fingerprint density at radius 2 is 1.87 bits per heavy atom. The molecule has 1 aromatic carbocycles. The van der Waals surface area contributed by atoms with E-state index < -0.39 is 12.1 Å². The lowest BCUT2D eigenvalue weighted by molar-refractivity contribution is -0.150. The SMILES string of the molecule is Cc1ccc(Cn2nc(C)c(/C=C/C(=O)OC(C)C(=O)NC3CCCC3)c2C)cc1. The largest absolute Gasteiger partial charge is 0.449 e. The van der Waals surface area contributed by atoms with Crippen molar-refractivity contribution in [2.45, 2.75) is 72.1 Å². The van der Waals surface area contributed by atoms with Gasteiger partial charge in [-0.15, -0.1) is 0 Å². The second-order valence-corrected chi connectivity index (χ2v) is 8.13. The summed E-state index contributed by atoms with van der Waals surface area (Å²) >= 11 is 0. The zero-order valence-corrected chi connectivity index (χ0v) is 18.3. The molecule has 0 saturated heterocycles. The minimum absolute atomic E-state index is 0.207. The topological polar surface area (TPSA) is 73.2 Å². The van der Waals surface area contributed by atoms with E-state index in [1.165, 1.54) is 17.2 Å². The van der Waals surface area contributed by atoms with E-state index in [9.17, 15) is 9.59 Å². The monoisotopic (exact) mass is 409 g/mol. The second-order valence-electron chi connectivity index (χ2n) is 8.13. The standard InChI is InChI=1S/C24H31N3O3/c1-16-9-11-20(12-10-16)15-27-18(3)22(17(2)26-27)13-14-23(28)30-19(4)24(29)25-21-7-5-6-8-21/h9-14,19,21H,5-8,15H2,1-4H3,(H,25,29)/b14-13+. The summed E-state index contributed by atoms with van der Waals surface area (Å²) in [5.74, 6) is -0.768. The maximum Gasteiger partial charge on any atom is 0.331 e. The molecule has 160 valence electrons. The Balaban J connectivity index is 1.59. The lowest BCUT2D eigenvalue weighted by Gasteiger charge is -2.16. The number of amides is 1. The molecule has 0 radical (unpaired) electrons. The third kappa shape index (κ3) is 5.59. The summed E-state index contributed by atoms with van der Waals surface area (Å²) in [7, 11) is 0. The van der Waals surface area contributed by atoms with Crippen molar-refractivity contribution < 1.29 is 14.3 Å². The highest BCUT2D eigenvalue weighted by atomic mass is 16.5. The molecule has 1 N–H and O–H groups in total. The van der Waals surface area contributed by atoms with Gasteiger partial charge in [-0.25, -0.2) is 4.79 Å². The zero-order chi connectivity index (χ0) is 21.7. The third-order valence-electron chi connectivity index (χ3n) is 5.64. The van der Waals surface area contributed by atoms with Gasteiger partial charge in [0, 0.05) is 23.4 Å². The molecule has 1 fully saturated rings. The zero-order valence-electron chi connectivity index (χ0n) is 18.3. The molecule has 1 heterocycles. The molecular formula is C24H31N3O3. The molecule has 1 aliphatic rings. The van der Waals surface area contributed by atoms with Gasteiger partial charge in [-0.2, -0.15) is 5.10 Å². The summed E-state index contributed by atoms with van der Waals surface area (Å²) in [6.45, 7) is 8.24. The van der Waals surface area contributed by atoms with Crippen molar-refractivity contribution >= 4 is 18.0 Å². The normalized spacial score (nSPS) is 15.5. The van der Waals surface area contributed by atoms with Crippen LogP contribution in [0.4, 0.5) is 0 Å². The summed E-state index contributed by atoms with van der Waals surface area (Å²) in [5, 5.41) is 7.55. The Labute approximate surface area is 178 Å². The first-order chi connectivity index (χ1) is 14.3. The van der Waals surface area contributed by atoms with Crippen molar-refractivity contribution in [1.82, 2.24) is 15.1 Å². The molecule has 0 aliphatic heterocycles. The molecule has 6 heteroatoms. The molecule has 1 amide bonds. The number of aryl methyl sites for hydroxylation is 2. The van der Waals surface area contributed by atoms with Gasteiger partial charge in [-0.1, -0.05) is 42.7 Å². The summed E-state index contributed by atoms with van der Waals surface area (Å²) in [6.07, 6.45) is 6.54. The molecule has 1 unspecified atom stereocenters. The molecule has 6 nitrogen and oxygen atoms in total. The van der Waals surface area contributed by atoms with E-state index in [0.29, 0.717) is 6.54 Å². The van der Waals surface area contributed by atoms with Crippen molar-refractivity contribution in [1.29, 1.82) is 0 Å². The van der Waals surface area contributed by atoms with Crippen LogP contribution in [0.1, 0.15) is 60.7 Å². The van der Waals surface area contributed by atoms with E-state index in [1.807, 2.05) is 18.5 Å². The number of carbonyl (C=O) groups is 2. The second kappa shape index (κ2) is 9.74. The maximum atomic E-state index is 12.2. The van der Waals surface area contributed by atoms with Gasteiger partial charge in [0.2, 0.25) is 0 Å². The number of nitrogens with zero attached hydrogens (tertiary/aromatic N) is 2. The minimum atomic E-state index is -0.811. The van der Waals surface area contributed by atoms with Gasteiger partial charge < -0.3 is 10.1 Å². The molecule has 2 aromatic rings. The van der Waals surface area contributed by atoms with Gasteiger partial charge in [-0.05, 0) is 52.2 Å². The van der Waals surface area contributed by atoms with Gasteiger partial charge in [0.15, 0.2) is 6.10 Å². The van der Waals surface area contributed by atoms with Crippen LogP contribution >= 0.6 is 0 Å². The number of aromatic nitrogens is 2. The fraction of sp³-hybridized carbons (Fsp3) is 0.458. The van der Waals surface area contributed by atoms with Gasteiger partial charge in [0.25, 0.3) is 5.91 Å². The van der Waals surface area contributed by atoms with Crippen LogP contribution in [0, 0.1) is 20.8 Å². The van der Waals surface area contributed by atoms with E-state index in [4.69, 9.17) is 4.74 Å². The number of rotatable bonds is 7. The third-order valence-corrected chi connectivity index (χ3v) is 5.64. The quantitative estimate of drug-likeness (QED) is 0.557. The molecule has 3 rings (SSSR count). The average Bonchev–Trinajstić information content (AvgIpc) is 3.30. The highest BCUT2D eigenvalue weighted by molar-refractivity contribution is 5.90. The fourth-order valence-electron chi connectivity index (χ4n) is 3.78. The molecule has 30 heavy (non-hydrogen) atoms. The van der Waals surface area contributed by atoms with Crippen LogP contribution in [0.2, 0.25) is 0 Å². The Morgan fingerprint density at radius 1 is 1.20 bits per heavy atom. The van der Waals surface area contributed by atoms with E-state index >= 15 is 0 Å². The van der Waals surface area contributed by atoms with Crippen LogP contribution in [0.25, 0.3) is 6.08 Å². The van der Waals surface area contributed by atoms with Crippen molar-refractivity contribution in [3.63, 3.8) is 0 Å². The van der Waals surface area contributed by atoms with Gasteiger partial charge >= 0.3 is 5.97 Å². The molecule has 0 spiro atoms. The summed E-state index contributed by atoms with van der Waals surface area (Å²) < 4.78 is 7.21. The molecule has 1 atom stereocenters. The first-order valence-electron chi connectivity index (χ1n) is 10.6. The van der Waals surface area contributed by atoms with Crippen LogP contribution < -0.4 is 5.32 Å². The molecule has 0 bridgehead atoms. The van der Waals surface area contributed by atoms with Crippen LogP contribution in [0.5, 0.6) is 0 Å². The number of esters is 1. The fourth-order valence-corrected chi connectivity index (χ4v) is 3.78. The van der Waals surface area contributed by atoms with Crippen molar-refractivity contribution in [3.8, 4) is 0 Å². The first-order valence-corrected chi connectivity index (χ1v) is 10.6. The molecule has 1 aliphatic carbocycles. The Morgan fingerprint density at radius 3 is 2.53 bits per heavy atom. The number of hydrogen-bond donors (Lipinski definition) is 1. The molecule has 1 aromatic heterocycles. The van der Waals surface area contributed by atoms with Crippen molar-refractivity contribution in [2.24, 2.45) is 0 Å². The number of hydrogen-bond acceptors (Lipinski definition) is 4. The first kappa shape index (κ1) is 21.8. The Kier molecular flexibility index (Phi) is 7.08. The van der Waals surface area contributed by atoms with E-state index in [1.54, 1.807) is 13.0 Å². The van der Waals surface area contributed by atoms with E-state index in [2.05, 4.69) is 41.6 Å². The van der Waals surface area contributed by atoms with Gasteiger partial charge in [0.1, 0.15) is 0 Å². The van der Waals surface area contributed by atoms with Crippen LogP contribution in [0.3, 0.4) is 0 Å². The van der Waals surface area contributed by atoms with Crippen molar-refractivity contribution in [2.75, 3.05) is 0 Å². The number of benzene rings is 1. The van der Waals surface area contributed by atoms with Crippen molar-refractivity contribution in [3.05, 3.63) is 58.4 Å². The molecular weight excluding hydrogens is 378 g/mol. The number of carbonyl (C=O) groups excluding carboxylic acids is 2. The maximum absolute atomic E-state index is 12.2. The van der Waals surface area contributed by atoms with Crippen LogP contribution in [-0.2, 0) is 20.9 Å². The van der Waals surface area contributed by atoms with Crippen LogP contribution in [-0.4, -0.2) is 33.8 Å². The predicted molar refractivity (Wildman–Crippen MR) is 117 cm³/mol. The Hall–Kier alpha value is -2.89. The lowest BCUT2D eigenvalue weighted by Crippen LogP contribution is -2.40. The smallest absolute Gasteiger partial charge is 0.331 e. The van der Waals surface area contributed by atoms with E-state index in [0.717, 1.165) is 42.6 Å². The molecule has 1 saturated carbocycles. The van der Waals surface area contributed by atoms with Crippen LogP contribution in [0.15, 0.2) is 30.3 Å². The van der Waals surface area contributed by atoms with E-state index in [-0.39, 0.29) is 11.9 Å². The van der Waals surface area contributed by atoms with Gasteiger partial charge in [-0.3, -0.25) is 9.48 Å². The van der Waals surface area contributed by atoms with Gasteiger partial charge in [0.05, 0.1) is 12.2 Å². The highest BCUT2D eigenvalue weighted by Gasteiger charge is 2.22. The lowest BCUT2D eigenvalue weighted by atomic mass is 10.1. The summed E-state index contributed by atoms with van der Waals surface area (Å²) in [6, 6.07) is 8.57. The number of ether oxygens (including phenoxy) is 1. The highest BCUT2D eigenvalue weighted by Crippen LogP contribution is 2.18. The minimum Gasteiger partial charge on any atom is -0.449 e. The number of nitrogens with one attached hydrogen (secondary N) is 1. The average molecular weight is 410 g/mol. The Bertz CT molecular complexity index is 922. The predicted octanol–water partition coefficient (Wildman–Crippen LogP) is 3.86. The summed E-state index contributed by atoms with van der Waals surface area (Å²) in [5.41, 5.74) is 5.10. The summed E-state index contributed by atoms with van der Waals surface area (Å²) in [4.78, 5) is 24.4.